The zero-order valence-corrected chi connectivity index (χ0v) is 12.7. The Labute approximate surface area is 124 Å². The molecule has 118 valence electrons. The van der Waals surface area contributed by atoms with Crippen molar-refractivity contribution in [3.05, 3.63) is 29.8 Å². The van der Waals surface area contributed by atoms with Gasteiger partial charge < -0.3 is 16.2 Å². The molecule has 0 aliphatic carbocycles. The minimum atomic E-state index is -3.63. The highest BCUT2D eigenvalue weighted by atomic mass is 32.2. The zero-order valence-electron chi connectivity index (χ0n) is 11.9. The van der Waals surface area contributed by atoms with Crippen molar-refractivity contribution in [2.75, 3.05) is 19.8 Å². The van der Waals surface area contributed by atoms with Gasteiger partial charge in [-0.3, -0.25) is 4.79 Å². The molecule has 0 spiro atoms. The van der Waals surface area contributed by atoms with E-state index in [-0.39, 0.29) is 30.7 Å². The SMILES string of the molecule is CCC(N)c1cccc(S(=O)(=O)NCCOCC(N)=O)c1. The summed E-state index contributed by atoms with van der Waals surface area (Å²) >= 11 is 0. The Hall–Kier alpha value is -1.48. The Balaban J connectivity index is 2.64. The number of nitrogens with one attached hydrogen (secondary N) is 1. The fraction of sp³-hybridized carbons (Fsp3) is 0.462. The number of amides is 1. The third-order valence-electron chi connectivity index (χ3n) is 2.82. The first kappa shape index (κ1) is 17.6. The fourth-order valence-electron chi connectivity index (χ4n) is 1.65. The van der Waals surface area contributed by atoms with Gasteiger partial charge >= 0.3 is 0 Å². The standard InChI is InChI=1S/C13H21N3O4S/c1-2-12(14)10-4-3-5-11(8-10)21(18,19)16-6-7-20-9-13(15)17/h3-5,8,12,16H,2,6-7,9,14H2,1H3,(H2,15,17). The molecule has 0 bridgehead atoms. The molecule has 7 nitrogen and oxygen atoms in total. The number of hydrogen-bond acceptors (Lipinski definition) is 5. The summed E-state index contributed by atoms with van der Waals surface area (Å²) in [5.74, 6) is -0.598. The van der Waals surface area contributed by atoms with Gasteiger partial charge in [0.15, 0.2) is 0 Å². The van der Waals surface area contributed by atoms with Crippen LogP contribution in [0.4, 0.5) is 0 Å². The lowest BCUT2D eigenvalue weighted by atomic mass is 10.1. The van der Waals surface area contributed by atoms with Crippen LogP contribution in [0, 0.1) is 0 Å². The molecule has 0 radical (unpaired) electrons. The van der Waals surface area contributed by atoms with E-state index in [2.05, 4.69) is 4.72 Å². The van der Waals surface area contributed by atoms with E-state index in [9.17, 15) is 13.2 Å². The summed E-state index contributed by atoms with van der Waals surface area (Å²) in [5, 5.41) is 0. The van der Waals surface area contributed by atoms with E-state index in [0.717, 1.165) is 12.0 Å². The molecule has 5 N–H and O–H groups in total. The first-order chi connectivity index (χ1) is 9.86. The van der Waals surface area contributed by atoms with Gasteiger partial charge in [-0.05, 0) is 24.1 Å². The largest absolute Gasteiger partial charge is 0.370 e. The molecule has 1 aromatic rings. The quantitative estimate of drug-likeness (QED) is 0.548. The molecule has 1 atom stereocenters. The Kier molecular flexibility index (Phi) is 6.76. The highest BCUT2D eigenvalue weighted by Gasteiger charge is 2.15. The summed E-state index contributed by atoms with van der Waals surface area (Å²) in [4.78, 5) is 10.6. The molecule has 1 rings (SSSR count). The molecule has 0 saturated carbocycles. The molecular weight excluding hydrogens is 294 g/mol. The molecular formula is C13H21N3O4S. The molecule has 8 heteroatoms. The van der Waals surface area contributed by atoms with Crippen LogP contribution >= 0.6 is 0 Å². The van der Waals surface area contributed by atoms with Crippen LogP contribution in [0.1, 0.15) is 24.9 Å². The van der Waals surface area contributed by atoms with Crippen molar-refractivity contribution in [1.29, 1.82) is 0 Å². The highest BCUT2D eigenvalue weighted by Crippen LogP contribution is 2.17. The van der Waals surface area contributed by atoms with Crippen LogP contribution in [-0.2, 0) is 19.6 Å². The van der Waals surface area contributed by atoms with Gasteiger partial charge in [-0.1, -0.05) is 19.1 Å². The Bertz CT molecular complexity index is 575. The van der Waals surface area contributed by atoms with Crippen LogP contribution in [0.2, 0.25) is 0 Å². The number of benzene rings is 1. The van der Waals surface area contributed by atoms with Gasteiger partial charge in [0.1, 0.15) is 6.61 Å². The second-order valence-electron chi connectivity index (χ2n) is 4.50. The van der Waals surface area contributed by atoms with Gasteiger partial charge in [-0.25, -0.2) is 13.1 Å². The van der Waals surface area contributed by atoms with E-state index in [1.165, 1.54) is 6.07 Å². The van der Waals surface area contributed by atoms with Crippen molar-refractivity contribution in [1.82, 2.24) is 4.72 Å². The van der Waals surface area contributed by atoms with Crippen molar-refractivity contribution in [3.8, 4) is 0 Å². The minimum absolute atomic E-state index is 0.0552. The van der Waals surface area contributed by atoms with E-state index in [1.54, 1.807) is 18.2 Å². The van der Waals surface area contributed by atoms with E-state index < -0.39 is 15.9 Å². The van der Waals surface area contributed by atoms with Crippen molar-refractivity contribution in [2.24, 2.45) is 11.5 Å². The van der Waals surface area contributed by atoms with Gasteiger partial charge in [-0.15, -0.1) is 0 Å². The second-order valence-corrected chi connectivity index (χ2v) is 6.27. The van der Waals surface area contributed by atoms with E-state index in [4.69, 9.17) is 16.2 Å². The summed E-state index contributed by atoms with van der Waals surface area (Å²) in [6.45, 7) is 1.82. The number of ether oxygens (including phenoxy) is 1. The lowest BCUT2D eigenvalue weighted by Crippen LogP contribution is -2.29. The predicted octanol–water partition coefficient (Wildman–Crippen LogP) is -0.123. The fourth-order valence-corrected chi connectivity index (χ4v) is 2.72. The lowest BCUT2D eigenvalue weighted by molar-refractivity contribution is -0.122. The molecule has 0 saturated heterocycles. The molecule has 0 fully saturated rings. The number of primary amides is 1. The second kappa shape index (κ2) is 8.08. The topological polar surface area (TPSA) is 125 Å². The lowest BCUT2D eigenvalue weighted by Gasteiger charge is -2.12. The summed E-state index contributed by atoms with van der Waals surface area (Å²) < 4.78 is 31.5. The predicted molar refractivity (Wildman–Crippen MR) is 78.9 cm³/mol. The van der Waals surface area contributed by atoms with Gasteiger partial charge in [0.25, 0.3) is 0 Å². The monoisotopic (exact) mass is 315 g/mol. The molecule has 0 aliphatic heterocycles. The van der Waals surface area contributed by atoms with Gasteiger partial charge in [0.2, 0.25) is 15.9 Å². The van der Waals surface area contributed by atoms with E-state index >= 15 is 0 Å². The number of rotatable bonds is 9. The number of carbonyl (C=O) groups is 1. The van der Waals surface area contributed by atoms with Crippen LogP contribution in [0.3, 0.4) is 0 Å². The third-order valence-corrected chi connectivity index (χ3v) is 4.28. The Morgan fingerprint density at radius 1 is 1.43 bits per heavy atom. The molecule has 1 amide bonds. The highest BCUT2D eigenvalue weighted by molar-refractivity contribution is 7.89. The van der Waals surface area contributed by atoms with Crippen LogP contribution in [0.15, 0.2) is 29.2 Å². The van der Waals surface area contributed by atoms with Crippen molar-refractivity contribution in [2.45, 2.75) is 24.3 Å². The van der Waals surface area contributed by atoms with Crippen molar-refractivity contribution in [3.63, 3.8) is 0 Å². The molecule has 0 aliphatic rings. The Morgan fingerprint density at radius 2 is 2.14 bits per heavy atom. The molecule has 21 heavy (non-hydrogen) atoms. The molecule has 1 unspecified atom stereocenters. The van der Waals surface area contributed by atoms with Gasteiger partial charge in [0, 0.05) is 12.6 Å². The number of sulfonamides is 1. The Morgan fingerprint density at radius 3 is 2.76 bits per heavy atom. The summed E-state index contributed by atoms with van der Waals surface area (Å²) in [6, 6.07) is 6.31. The van der Waals surface area contributed by atoms with Crippen molar-refractivity contribution >= 4 is 15.9 Å². The van der Waals surface area contributed by atoms with Gasteiger partial charge in [-0.2, -0.15) is 0 Å². The number of nitrogens with two attached hydrogens (primary N) is 2. The maximum atomic E-state index is 12.1. The first-order valence-corrected chi connectivity index (χ1v) is 8.06. The molecule has 0 heterocycles. The smallest absolute Gasteiger partial charge is 0.243 e. The van der Waals surface area contributed by atoms with Crippen LogP contribution in [0.25, 0.3) is 0 Å². The number of carbonyl (C=O) groups excluding carboxylic acids is 1. The van der Waals surface area contributed by atoms with Crippen LogP contribution in [0.5, 0.6) is 0 Å². The maximum absolute atomic E-state index is 12.1. The number of hydrogen-bond donors (Lipinski definition) is 3. The molecule has 0 aromatic heterocycles. The van der Waals surface area contributed by atoms with Crippen LogP contribution < -0.4 is 16.2 Å². The molecule has 1 aromatic carbocycles. The van der Waals surface area contributed by atoms with E-state index in [0.29, 0.717) is 0 Å². The summed E-state index contributed by atoms with van der Waals surface area (Å²) in [6.07, 6.45) is 0.720. The van der Waals surface area contributed by atoms with Gasteiger partial charge in [0.05, 0.1) is 11.5 Å². The third kappa shape index (κ3) is 5.80. The van der Waals surface area contributed by atoms with Crippen molar-refractivity contribution < 1.29 is 17.9 Å². The van der Waals surface area contributed by atoms with E-state index in [1.807, 2.05) is 6.92 Å². The average molecular weight is 315 g/mol. The van der Waals surface area contributed by atoms with Crippen LogP contribution in [-0.4, -0.2) is 34.1 Å². The first-order valence-electron chi connectivity index (χ1n) is 6.58. The normalized spacial score (nSPS) is 13.0. The minimum Gasteiger partial charge on any atom is -0.370 e. The average Bonchev–Trinajstić information content (AvgIpc) is 2.45. The maximum Gasteiger partial charge on any atom is 0.243 e. The summed E-state index contributed by atoms with van der Waals surface area (Å²) in [5.41, 5.74) is 11.6. The summed E-state index contributed by atoms with van der Waals surface area (Å²) in [7, 11) is -3.63. The zero-order chi connectivity index (χ0) is 15.9.